The summed E-state index contributed by atoms with van der Waals surface area (Å²) >= 11 is 0. The van der Waals surface area contributed by atoms with Gasteiger partial charge in [-0.25, -0.2) is 23.1 Å². The van der Waals surface area contributed by atoms with Crippen LogP contribution >= 0.6 is 0 Å². The Hall–Kier alpha value is -6.94. The fourth-order valence-corrected chi connectivity index (χ4v) is 9.20. The number of sulfone groups is 1. The Kier molecular flexibility index (Phi) is 25.1. The maximum atomic E-state index is 12.8. The van der Waals surface area contributed by atoms with Gasteiger partial charge in [0.2, 0.25) is 26.8 Å². The molecule has 0 aliphatic rings. The molecule has 6 aromatic heterocycles. The lowest BCUT2D eigenvalue weighted by Gasteiger charge is -2.21. The molecule has 6 aromatic rings. The van der Waals surface area contributed by atoms with Crippen LogP contribution in [0.1, 0.15) is 38.8 Å². The van der Waals surface area contributed by atoms with Gasteiger partial charge in [-0.1, -0.05) is 39.3 Å². The number of aromatic nitrogens is 10. The zero-order valence-electron chi connectivity index (χ0n) is 50.9. The lowest BCUT2D eigenvalue weighted by molar-refractivity contribution is -0.159. The number of carbonyl (C=O) groups is 2. The average Bonchev–Trinajstić information content (AvgIpc) is 3.63. The molecule has 22 nitrogen and oxygen atoms in total. The number of aliphatic hydroxyl groups is 1. The van der Waals surface area contributed by atoms with E-state index >= 15 is 0 Å². The van der Waals surface area contributed by atoms with Crippen LogP contribution in [0.15, 0.2) is 66.3 Å². The van der Waals surface area contributed by atoms with Crippen molar-refractivity contribution in [2.24, 2.45) is 10.8 Å². The van der Waals surface area contributed by atoms with E-state index in [0.717, 1.165) is 40.6 Å². The molecular formula is C55H76F6N10O12SSi2. The molecule has 1 N–H and O–H groups in total. The zero-order valence-corrected chi connectivity index (χ0v) is 53.7. The van der Waals surface area contributed by atoms with Crippen LogP contribution in [0.25, 0.3) is 45.3 Å². The third kappa shape index (κ3) is 23.4. The minimum absolute atomic E-state index is 0.00148. The summed E-state index contributed by atoms with van der Waals surface area (Å²) < 4.78 is 134. The van der Waals surface area contributed by atoms with Crippen LogP contribution in [-0.2, 0) is 51.8 Å². The normalized spacial score (nSPS) is 12.3. The van der Waals surface area contributed by atoms with Gasteiger partial charge in [0, 0.05) is 94.8 Å². The summed E-state index contributed by atoms with van der Waals surface area (Å²) in [5, 5.41) is 15.8. The standard InChI is InChI=1S/C27H36F3N5O5Si.C26H37N5O6SSi.C2H3F3O/c1-18-12-22(39-15-26(2,3)24(36)37-4)32-14-20(18)21-9-8-19(13-31-21)23-33-25(40-16-27(28,29)30)35(34-23)17-38-10-11-41(5,6)7;1-18-13-22(37-16-26(2,3)24(32)35-4)28-15-20(18)21-10-9-19(14-27-21)23-29-25(38(5,33)34)31(30-23)17-36-11-12-39(6,7)8;3-2(4,5)1-6/h8-9,12-14H,10-11,15-17H2,1-7H3;9-10,13-15H,11-12,16-17H2,1-8H3;6H,1H2. The molecule has 0 atom stereocenters. The van der Waals surface area contributed by atoms with E-state index < -0.39 is 62.4 Å². The number of esters is 2. The van der Waals surface area contributed by atoms with Gasteiger partial charge in [-0.15, -0.1) is 10.2 Å². The summed E-state index contributed by atoms with van der Waals surface area (Å²) in [5.74, 6) is 0.394. The monoisotopic (exact) mass is 1270 g/mol. The van der Waals surface area contributed by atoms with Crippen molar-refractivity contribution in [3.05, 3.63) is 72.3 Å². The van der Waals surface area contributed by atoms with E-state index in [-0.39, 0.29) is 61.4 Å². The first-order valence-corrected chi connectivity index (χ1v) is 36.0. The lowest BCUT2D eigenvalue weighted by atomic mass is 9.95. The van der Waals surface area contributed by atoms with Crippen LogP contribution in [-0.4, -0.2) is 164 Å². The SMILES string of the molecule is COC(=O)C(C)(C)COc1cc(C)c(-c2ccc(-c3nc(OCC(F)(F)F)n(COCC[Si](C)(C)C)n3)cn2)cn1.COC(=O)C(C)(C)COc1cc(C)c(-c2ccc(-c3nc(S(C)(=O)=O)n(COCC[Si](C)(C)C)n3)cn2)cn1.OCC(F)(F)F. The van der Waals surface area contributed by atoms with Crippen LogP contribution in [0.4, 0.5) is 26.3 Å². The van der Waals surface area contributed by atoms with Crippen LogP contribution < -0.4 is 14.2 Å². The highest BCUT2D eigenvalue weighted by Crippen LogP contribution is 2.30. The number of hydrogen-bond donors (Lipinski definition) is 1. The first-order chi connectivity index (χ1) is 39.7. The fraction of sp³-hybridized carbons (Fsp3) is 0.527. The molecule has 0 radical (unpaired) electrons. The predicted molar refractivity (Wildman–Crippen MR) is 311 cm³/mol. The Bertz CT molecular complexity index is 3300. The second-order valence-corrected chi connectivity index (χ2v) is 36.6. The lowest BCUT2D eigenvalue weighted by Crippen LogP contribution is -2.32. The minimum atomic E-state index is -4.52. The molecule has 0 saturated heterocycles. The number of halogens is 6. The largest absolute Gasteiger partial charge is 0.476 e. The number of nitrogens with zero attached hydrogens (tertiary/aromatic N) is 10. The summed E-state index contributed by atoms with van der Waals surface area (Å²) in [6, 6.07) is 12.1. The van der Waals surface area contributed by atoms with Crippen LogP contribution in [0.2, 0.25) is 51.4 Å². The topological polar surface area (TPSA) is 266 Å². The highest BCUT2D eigenvalue weighted by molar-refractivity contribution is 7.90. The van der Waals surface area contributed by atoms with Crippen molar-refractivity contribution in [1.29, 1.82) is 0 Å². The van der Waals surface area contributed by atoms with Gasteiger partial charge in [-0.05, 0) is 89.0 Å². The molecule has 0 aromatic carbocycles. The molecular weight excluding hydrogens is 1190 g/mol. The minimum Gasteiger partial charge on any atom is -0.476 e. The van der Waals surface area contributed by atoms with E-state index in [1.54, 1.807) is 82.7 Å². The van der Waals surface area contributed by atoms with Crippen LogP contribution in [0.5, 0.6) is 17.8 Å². The van der Waals surface area contributed by atoms with Gasteiger partial charge >= 0.3 is 30.3 Å². The number of alkyl halides is 6. The van der Waals surface area contributed by atoms with Crippen LogP contribution in [0, 0.1) is 24.7 Å². The van der Waals surface area contributed by atoms with Crippen molar-refractivity contribution >= 4 is 37.9 Å². The first kappa shape index (κ1) is 71.5. The molecule has 0 saturated carbocycles. The van der Waals surface area contributed by atoms with Crippen LogP contribution in [0.3, 0.4) is 0 Å². The van der Waals surface area contributed by atoms with E-state index in [9.17, 15) is 44.3 Å². The Morgan fingerprint density at radius 3 is 1.35 bits per heavy atom. The molecule has 0 aliphatic carbocycles. The summed E-state index contributed by atoms with van der Waals surface area (Å²) in [6.07, 6.45) is -1.44. The molecule has 0 aliphatic heterocycles. The zero-order chi connectivity index (χ0) is 64.6. The molecule has 6 heterocycles. The van der Waals surface area contributed by atoms with E-state index in [1.807, 2.05) is 13.8 Å². The molecule has 474 valence electrons. The van der Waals surface area contributed by atoms with Gasteiger partial charge in [0.25, 0.3) is 0 Å². The van der Waals surface area contributed by atoms with Crippen molar-refractivity contribution in [3.63, 3.8) is 0 Å². The van der Waals surface area contributed by atoms with E-state index in [2.05, 4.69) is 79.4 Å². The molecule has 0 spiro atoms. The quantitative estimate of drug-likeness (QED) is 0.0242. The second-order valence-electron chi connectivity index (χ2n) is 23.4. The van der Waals surface area contributed by atoms with Gasteiger partial charge in [0.1, 0.15) is 33.3 Å². The van der Waals surface area contributed by atoms with Crippen molar-refractivity contribution in [2.75, 3.05) is 60.1 Å². The number of rotatable bonds is 25. The maximum absolute atomic E-state index is 12.8. The number of methoxy groups -OCH3 is 2. The van der Waals surface area contributed by atoms with E-state index in [4.69, 9.17) is 38.3 Å². The maximum Gasteiger partial charge on any atom is 0.422 e. The number of aryl methyl sites for hydroxylation is 2. The summed E-state index contributed by atoms with van der Waals surface area (Å²) in [4.78, 5) is 49.9. The number of carbonyl (C=O) groups excluding carboxylic acids is 2. The Morgan fingerprint density at radius 2 is 1.00 bits per heavy atom. The fourth-order valence-electron chi connectivity index (χ4n) is 6.96. The molecule has 0 fully saturated rings. The second kappa shape index (κ2) is 30.1. The van der Waals surface area contributed by atoms with E-state index in [1.165, 1.54) is 29.8 Å². The van der Waals surface area contributed by atoms with Gasteiger partial charge in [-0.3, -0.25) is 19.6 Å². The van der Waals surface area contributed by atoms with E-state index in [0.29, 0.717) is 47.5 Å². The molecule has 31 heteroatoms. The highest BCUT2D eigenvalue weighted by atomic mass is 32.2. The molecule has 0 unspecified atom stereocenters. The van der Waals surface area contributed by atoms with Gasteiger partial charge < -0.3 is 38.3 Å². The smallest absolute Gasteiger partial charge is 0.422 e. The molecule has 0 amide bonds. The summed E-state index contributed by atoms with van der Waals surface area (Å²) in [6.45, 7) is 21.9. The van der Waals surface area contributed by atoms with Crippen molar-refractivity contribution in [3.8, 4) is 63.1 Å². The third-order valence-electron chi connectivity index (χ3n) is 12.0. The van der Waals surface area contributed by atoms with Crippen molar-refractivity contribution < 1.29 is 82.6 Å². The Labute approximate surface area is 498 Å². The Balaban J connectivity index is 0.000000336. The summed E-state index contributed by atoms with van der Waals surface area (Å²) in [5.41, 5.74) is 3.97. The Morgan fingerprint density at radius 1 is 0.593 bits per heavy atom. The predicted octanol–water partition coefficient (Wildman–Crippen LogP) is 10.1. The number of aliphatic hydroxyl groups excluding tert-OH is 1. The van der Waals surface area contributed by atoms with Gasteiger partial charge in [0.15, 0.2) is 18.3 Å². The first-order valence-electron chi connectivity index (χ1n) is 26.7. The third-order valence-corrected chi connectivity index (χ3v) is 16.3. The van der Waals surface area contributed by atoms with Gasteiger partial charge in [0.05, 0.1) is 36.4 Å². The molecule has 6 rings (SSSR count). The number of ether oxygens (including phenoxy) is 7. The average molecular weight is 1270 g/mol. The number of hydrogen-bond acceptors (Lipinski definition) is 20. The van der Waals surface area contributed by atoms with Gasteiger partial charge in [-0.2, -0.15) is 41.0 Å². The molecule has 86 heavy (non-hydrogen) atoms. The van der Waals surface area contributed by atoms with Crippen molar-refractivity contribution in [2.45, 2.75) is 124 Å². The highest BCUT2D eigenvalue weighted by Gasteiger charge is 2.33. The van der Waals surface area contributed by atoms with Crippen molar-refractivity contribution in [1.82, 2.24) is 49.5 Å². The molecule has 0 bridgehead atoms. The summed E-state index contributed by atoms with van der Waals surface area (Å²) in [7, 11) is -3.56. The number of pyridine rings is 4.